The van der Waals surface area contributed by atoms with Crippen molar-refractivity contribution in [2.75, 3.05) is 18.1 Å². The lowest BCUT2D eigenvalue weighted by atomic mass is 10.3. The molecule has 108 valence electrons. The van der Waals surface area contributed by atoms with Gasteiger partial charge in [-0.15, -0.1) is 0 Å². The molecule has 0 spiro atoms. The first-order chi connectivity index (χ1) is 9.44. The minimum absolute atomic E-state index is 0.0718. The minimum Gasteiger partial charge on any atom is -0.398 e. The third-order valence-corrected chi connectivity index (χ3v) is 4.43. The molecule has 2 aromatic rings. The van der Waals surface area contributed by atoms with Crippen LogP contribution in [0, 0.1) is 0 Å². The smallest absolute Gasteiger partial charge is 0.242 e. The van der Waals surface area contributed by atoms with Gasteiger partial charge in [-0.05, 0) is 25.2 Å². The van der Waals surface area contributed by atoms with Crippen LogP contribution in [0.15, 0.2) is 35.5 Å². The maximum Gasteiger partial charge on any atom is 0.242 e. The third-order valence-electron chi connectivity index (χ3n) is 2.94. The molecule has 0 saturated carbocycles. The first-order valence-electron chi connectivity index (χ1n) is 5.97. The van der Waals surface area contributed by atoms with Crippen molar-refractivity contribution in [3.63, 3.8) is 0 Å². The number of sulfonamides is 1. The molecule has 1 aromatic heterocycles. The zero-order chi connectivity index (χ0) is 14.8. The molecule has 0 bridgehead atoms. The largest absolute Gasteiger partial charge is 0.398 e. The van der Waals surface area contributed by atoms with Gasteiger partial charge in [0.15, 0.2) is 0 Å². The van der Waals surface area contributed by atoms with Crippen LogP contribution >= 0.6 is 0 Å². The molecule has 0 saturated heterocycles. The predicted octanol–water partition coefficient (Wildman–Crippen LogP) is 0.522. The van der Waals surface area contributed by atoms with Crippen molar-refractivity contribution < 1.29 is 8.42 Å². The Morgan fingerprint density at radius 2 is 2.15 bits per heavy atom. The summed E-state index contributed by atoms with van der Waals surface area (Å²) in [5, 5.41) is 3.15. The van der Waals surface area contributed by atoms with E-state index >= 15 is 0 Å². The normalized spacial score (nSPS) is 11.5. The van der Waals surface area contributed by atoms with Crippen LogP contribution in [0.5, 0.6) is 0 Å². The molecular weight excluding hydrogens is 278 g/mol. The maximum atomic E-state index is 11.7. The van der Waals surface area contributed by atoms with Crippen LogP contribution in [0.1, 0.15) is 5.82 Å². The number of nitrogens with two attached hydrogens (primary N) is 1. The molecule has 2 rings (SSSR count). The number of nitrogen functional groups attached to an aromatic ring is 1. The van der Waals surface area contributed by atoms with Crippen LogP contribution in [0.3, 0.4) is 0 Å². The van der Waals surface area contributed by atoms with Crippen molar-refractivity contribution in [2.45, 2.75) is 11.4 Å². The van der Waals surface area contributed by atoms with Crippen molar-refractivity contribution in [2.24, 2.45) is 7.05 Å². The monoisotopic (exact) mass is 295 g/mol. The van der Waals surface area contributed by atoms with Crippen molar-refractivity contribution in [1.29, 1.82) is 0 Å². The highest BCUT2D eigenvalue weighted by molar-refractivity contribution is 7.89. The van der Waals surface area contributed by atoms with E-state index in [0.29, 0.717) is 6.54 Å². The Bertz CT molecular complexity index is 708. The number of hydrogen-bond acceptors (Lipinski definition) is 5. The van der Waals surface area contributed by atoms with Gasteiger partial charge in [0, 0.05) is 25.1 Å². The summed E-state index contributed by atoms with van der Waals surface area (Å²) >= 11 is 0. The van der Waals surface area contributed by atoms with Crippen LogP contribution < -0.4 is 15.8 Å². The average molecular weight is 295 g/mol. The Morgan fingerprint density at radius 3 is 2.70 bits per heavy atom. The molecule has 8 heteroatoms. The first kappa shape index (κ1) is 14.4. The minimum atomic E-state index is -3.53. The van der Waals surface area contributed by atoms with E-state index in [0.717, 1.165) is 11.5 Å². The van der Waals surface area contributed by atoms with E-state index in [1.165, 1.54) is 13.1 Å². The molecule has 1 aromatic carbocycles. The van der Waals surface area contributed by atoms with Crippen LogP contribution in [0.4, 0.5) is 11.4 Å². The van der Waals surface area contributed by atoms with E-state index in [1.54, 1.807) is 18.3 Å². The summed E-state index contributed by atoms with van der Waals surface area (Å²) in [6, 6.07) is 4.73. The molecule has 0 atom stereocenters. The SMILES string of the molecule is CNS(=O)(=O)c1ccc(NCc2nccn2C)cc1N. The van der Waals surface area contributed by atoms with E-state index < -0.39 is 10.0 Å². The fraction of sp³-hybridized carbons (Fsp3) is 0.250. The predicted molar refractivity (Wildman–Crippen MR) is 77.6 cm³/mol. The van der Waals surface area contributed by atoms with Gasteiger partial charge >= 0.3 is 0 Å². The number of anilines is 2. The number of aromatic nitrogens is 2. The summed E-state index contributed by atoms with van der Waals surface area (Å²) in [6.07, 6.45) is 3.57. The van der Waals surface area contributed by atoms with Gasteiger partial charge in [0.1, 0.15) is 10.7 Å². The van der Waals surface area contributed by atoms with E-state index in [4.69, 9.17) is 5.73 Å². The zero-order valence-corrected chi connectivity index (χ0v) is 12.1. The Morgan fingerprint density at radius 1 is 1.40 bits per heavy atom. The van der Waals surface area contributed by atoms with Crippen LogP contribution in [0.2, 0.25) is 0 Å². The highest BCUT2D eigenvalue weighted by atomic mass is 32.2. The van der Waals surface area contributed by atoms with Gasteiger partial charge in [0.05, 0.1) is 12.2 Å². The number of nitrogens with zero attached hydrogens (tertiary/aromatic N) is 2. The number of imidazole rings is 1. The molecule has 1 heterocycles. The topological polar surface area (TPSA) is 102 Å². The Labute approximate surface area is 117 Å². The van der Waals surface area contributed by atoms with Gasteiger partial charge < -0.3 is 15.6 Å². The number of hydrogen-bond donors (Lipinski definition) is 3. The average Bonchev–Trinajstić information content (AvgIpc) is 2.81. The van der Waals surface area contributed by atoms with Crippen molar-refractivity contribution >= 4 is 21.4 Å². The van der Waals surface area contributed by atoms with E-state index in [2.05, 4.69) is 15.0 Å². The number of benzene rings is 1. The van der Waals surface area contributed by atoms with Crippen LogP contribution in [-0.4, -0.2) is 25.0 Å². The van der Waals surface area contributed by atoms with Gasteiger partial charge in [-0.1, -0.05) is 0 Å². The molecule has 0 aliphatic rings. The molecule has 0 amide bonds. The summed E-state index contributed by atoms with van der Waals surface area (Å²) in [7, 11) is -0.277. The van der Waals surface area contributed by atoms with Crippen molar-refractivity contribution in [1.82, 2.24) is 14.3 Å². The molecule has 0 aliphatic heterocycles. The Balaban J connectivity index is 2.16. The number of rotatable bonds is 5. The standard InChI is InChI=1S/C12H17N5O2S/c1-14-20(18,19)11-4-3-9(7-10(11)13)16-8-12-15-5-6-17(12)2/h3-7,14,16H,8,13H2,1-2H3. The third kappa shape index (κ3) is 2.91. The summed E-state index contributed by atoms with van der Waals surface area (Å²) < 4.78 is 27.5. The van der Waals surface area contributed by atoms with Crippen molar-refractivity contribution in [3.05, 3.63) is 36.4 Å². The fourth-order valence-electron chi connectivity index (χ4n) is 1.76. The van der Waals surface area contributed by atoms with E-state index in [-0.39, 0.29) is 10.6 Å². The van der Waals surface area contributed by atoms with Crippen LogP contribution in [-0.2, 0) is 23.6 Å². The zero-order valence-electron chi connectivity index (χ0n) is 11.3. The Kier molecular flexibility index (Phi) is 3.96. The van der Waals surface area contributed by atoms with Gasteiger partial charge in [0.2, 0.25) is 10.0 Å². The first-order valence-corrected chi connectivity index (χ1v) is 7.45. The molecule has 4 N–H and O–H groups in total. The lowest BCUT2D eigenvalue weighted by Crippen LogP contribution is -2.20. The van der Waals surface area contributed by atoms with Gasteiger partial charge in [0.25, 0.3) is 0 Å². The molecular formula is C12H17N5O2S. The quantitative estimate of drug-likeness (QED) is 0.698. The van der Waals surface area contributed by atoms with Gasteiger partial charge in [-0.2, -0.15) is 0 Å². The van der Waals surface area contributed by atoms with Crippen LogP contribution in [0.25, 0.3) is 0 Å². The lowest BCUT2D eigenvalue weighted by molar-refractivity contribution is 0.588. The lowest BCUT2D eigenvalue weighted by Gasteiger charge is -2.10. The molecule has 0 radical (unpaired) electrons. The molecule has 0 unspecified atom stereocenters. The summed E-state index contributed by atoms with van der Waals surface area (Å²) in [5.74, 6) is 0.871. The fourth-order valence-corrected chi connectivity index (χ4v) is 2.60. The second-order valence-corrected chi connectivity index (χ2v) is 6.12. The number of nitrogens with one attached hydrogen (secondary N) is 2. The van der Waals surface area contributed by atoms with E-state index in [1.807, 2.05) is 17.8 Å². The second-order valence-electron chi connectivity index (χ2n) is 4.27. The Hall–Kier alpha value is -2.06. The van der Waals surface area contributed by atoms with E-state index in [9.17, 15) is 8.42 Å². The highest BCUT2D eigenvalue weighted by Gasteiger charge is 2.15. The summed E-state index contributed by atoms with van der Waals surface area (Å²) in [5.41, 5.74) is 6.72. The second kappa shape index (κ2) is 5.51. The molecule has 0 fully saturated rings. The molecule has 0 aliphatic carbocycles. The highest BCUT2D eigenvalue weighted by Crippen LogP contribution is 2.22. The van der Waals surface area contributed by atoms with Gasteiger partial charge in [-0.3, -0.25) is 0 Å². The summed E-state index contributed by atoms with van der Waals surface area (Å²) in [4.78, 5) is 4.26. The maximum absolute atomic E-state index is 11.7. The number of aryl methyl sites for hydroxylation is 1. The van der Waals surface area contributed by atoms with Crippen molar-refractivity contribution in [3.8, 4) is 0 Å². The summed E-state index contributed by atoms with van der Waals surface area (Å²) in [6.45, 7) is 0.529. The molecule has 20 heavy (non-hydrogen) atoms. The van der Waals surface area contributed by atoms with Gasteiger partial charge in [-0.25, -0.2) is 18.1 Å². The molecule has 7 nitrogen and oxygen atoms in total.